The van der Waals surface area contributed by atoms with Gasteiger partial charge >= 0.3 is 5.97 Å². The number of nitrogens with zero attached hydrogens (tertiary/aromatic N) is 2. The Balaban J connectivity index is 2.19. The summed E-state index contributed by atoms with van der Waals surface area (Å²) in [5, 5.41) is 9.08. The van der Waals surface area contributed by atoms with Crippen molar-refractivity contribution in [2.24, 2.45) is 7.05 Å². The molecule has 0 fully saturated rings. The number of aromatic nitrogens is 2. The van der Waals surface area contributed by atoms with Gasteiger partial charge in [-0.3, -0.25) is 0 Å². The van der Waals surface area contributed by atoms with E-state index in [9.17, 15) is 4.79 Å². The predicted octanol–water partition coefficient (Wildman–Crippen LogP) is 2.46. The summed E-state index contributed by atoms with van der Waals surface area (Å²) in [6, 6.07) is 4.87. The number of aromatic carboxylic acids is 1. The van der Waals surface area contributed by atoms with Crippen molar-refractivity contribution in [3.8, 4) is 5.75 Å². The highest BCUT2D eigenvalue weighted by Gasteiger charge is 2.12. The van der Waals surface area contributed by atoms with Gasteiger partial charge in [0.15, 0.2) is 0 Å². The molecule has 0 aliphatic heterocycles. The monoisotopic (exact) mass is 310 g/mol. The minimum absolute atomic E-state index is 0.124. The topological polar surface area (TPSA) is 64.4 Å². The smallest absolute Gasteiger partial charge is 0.339 e. The van der Waals surface area contributed by atoms with Crippen LogP contribution in [0.3, 0.4) is 0 Å². The molecule has 0 unspecified atom stereocenters. The second-order valence-electron chi connectivity index (χ2n) is 3.69. The minimum atomic E-state index is -1.02. The number of halogens is 1. The van der Waals surface area contributed by atoms with Crippen LogP contribution in [-0.4, -0.2) is 20.6 Å². The van der Waals surface area contributed by atoms with E-state index in [-0.39, 0.29) is 12.2 Å². The Kier molecular flexibility index (Phi) is 3.66. The average molecular weight is 311 g/mol. The molecule has 94 valence electrons. The largest absolute Gasteiger partial charge is 0.485 e. The molecule has 0 amide bonds. The number of carboxylic acids is 1. The van der Waals surface area contributed by atoms with Crippen molar-refractivity contribution in [3.63, 3.8) is 0 Å². The van der Waals surface area contributed by atoms with E-state index in [4.69, 9.17) is 9.84 Å². The van der Waals surface area contributed by atoms with Crippen LogP contribution in [0.5, 0.6) is 5.75 Å². The molecular formula is C12H11BrN2O3. The van der Waals surface area contributed by atoms with E-state index in [1.807, 2.05) is 11.6 Å². The highest BCUT2D eigenvalue weighted by molar-refractivity contribution is 9.10. The Morgan fingerprint density at radius 3 is 2.94 bits per heavy atom. The van der Waals surface area contributed by atoms with E-state index in [0.29, 0.717) is 10.2 Å². The van der Waals surface area contributed by atoms with Crippen LogP contribution in [0.4, 0.5) is 0 Å². The van der Waals surface area contributed by atoms with E-state index in [1.165, 1.54) is 6.07 Å². The lowest BCUT2D eigenvalue weighted by Gasteiger charge is -2.09. The molecule has 0 bridgehead atoms. The van der Waals surface area contributed by atoms with Crippen molar-refractivity contribution in [1.29, 1.82) is 0 Å². The highest BCUT2D eigenvalue weighted by Crippen LogP contribution is 2.23. The summed E-state index contributed by atoms with van der Waals surface area (Å²) in [5.41, 5.74) is 0.124. The van der Waals surface area contributed by atoms with Crippen LogP contribution in [0.2, 0.25) is 0 Å². The molecular weight excluding hydrogens is 300 g/mol. The average Bonchev–Trinajstić information content (AvgIpc) is 2.73. The van der Waals surface area contributed by atoms with Crippen molar-refractivity contribution in [2.75, 3.05) is 0 Å². The van der Waals surface area contributed by atoms with E-state index in [0.717, 1.165) is 5.82 Å². The van der Waals surface area contributed by atoms with E-state index in [1.54, 1.807) is 24.5 Å². The van der Waals surface area contributed by atoms with Gasteiger partial charge < -0.3 is 14.4 Å². The second kappa shape index (κ2) is 5.22. The summed E-state index contributed by atoms with van der Waals surface area (Å²) in [6.07, 6.45) is 3.47. The SMILES string of the molecule is Cn1ccnc1COc1ccc(Br)cc1C(=O)O. The van der Waals surface area contributed by atoms with Gasteiger partial charge in [-0.2, -0.15) is 0 Å². The predicted molar refractivity (Wildman–Crippen MR) is 68.6 cm³/mol. The number of imidazole rings is 1. The normalized spacial score (nSPS) is 10.3. The molecule has 1 heterocycles. The number of carbonyl (C=O) groups is 1. The van der Waals surface area contributed by atoms with E-state index >= 15 is 0 Å². The Morgan fingerprint density at radius 2 is 2.33 bits per heavy atom. The molecule has 5 nitrogen and oxygen atoms in total. The maximum absolute atomic E-state index is 11.1. The van der Waals surface area contributed by atoms with Crippen LogP contribution >= 0.6 is 15.9 Å². The number of rotatable bonds is 4. The molecule has 0 radical (unpaired) electrons. The molecule has 0 aliphatic carbocycles. The maximum Gasteiger partial charge on any atom is 0.339 e. The lowest BCUT2D eigenvalue weighted by Crippen LogP contribution is -2.06. The van der Waals surface area contributed by atoms with E-state index in [2.05, 4.69) is 20.9 Å². The number of carboxylic acid groups (broad SMARTS) is 1. The first-order chi connectivity index (χ1) is 8.58. The van der Waals surface area contributed by atoms with Crippen LogP contribution in [-0.2, 0) is 13.7 Å². The minimum Gasteiger partial charge on any atom is -0.485 e. The Hall–Kier alpha value is -1.82. The van der Waals surface area contributed by atoms with Gasteiger partial charge in [0, 0.05) is 23.9 Å². The maximum atomic E-state index is 11.1. The van der Waals surface area contributed by atoms with Crippen molar-refractivity contribution in [2.45, 2.75) is 6.61 Å². The summed E-state index contributed by atoms with van der Waals surface area (Å²) in [6.45, 7) is 0.228. The Bertz CT molecular complexity index is 580. The molecule has 1 aromatic carbocycles. The lowest BCUT2D eigenvalue weighted by molar-refractivity contribution is 0.0691. The van der Waals surface area contributed by atoms with Crippen LogP contribution in [0.1, 0.15) is 16.2 Å². The molecule has 1 aromatic heterocycles. The molecule has 0 saturated carbocycles. The van der Waals surface area contributed by atoms with Crippen LogP contribution in [0.25, 0.3) is 0 Å². The van der Waals surface area contributed by atoms with Crippen molar-refractivity contribution in [3.05, 3.63) is 46.5 Å². The first kappa shape index (κ1) is 12.6. The van der Waals surface area contributed by atoms with Gasteiger partial charge in [0.1, 0.15) is 23.7 Å². The zero-order valence-corrected chi connectivity index (χ0v) is 11.2. The second-order valence-corrected chi connectivity index (χ2v) is 4.60. The molecule has 2 aromatic rings. The molecule has 2 rings (SSSR count). The number of ether oxygens (including phenoxy) is 1. The first-order valence-electron chi connectivity index (χ1n) is 5.20. The molecule has 0 atom stereocenters. The fourth-order valence-electron chi connectivity index (χ4n) is 1.47. The molecule has 0 aliphatic rings. The van der Waals surface area contributed by atoms with Gasteiger partial charge in [0.05, 0.1) is 0 Å². The van der Waals surface area contributed by atoms with E-state index < -0.39 is 5.97 Å². The first-order valence-corrected chi connectivity index (χ1v) is 5.99. The molecule has 0 saturated heterocycles. The fourth-order valence-corrected chi connectivity index (χ4v) is 1.83. The van der Waals surface area contributed by atoms with Gasteiger partial charge in [0.2, 0.25) is 0 Å². The number of hydrogen-bond acceptors (Lipinski definition) is 3. The summed E-state index contributed by atoms with van der Waals surface area (Å²) in [4.78, 5) is 15.2. The zero-order chi connectivity index (χ0) is 13.1. The number of hydrogen-bond donors (Lipinski definition) is 1. The third kappa shape index (κ3) is 2.70. The third-order valence-corrected chi connectivity index (χ3v) is 2.94. The summed E-state index contributed by atoms with van der Waals surface area (Å²) in [5.74, 6) is 0.0362. The summed E-state index contributed by atoms with van der Waals surface area (Å²) >= 11 is 3.23. The fraction of sp³-hybridized carbons (Fsp3) is 0.167. The Morgan fingerprint density at radius 1 is 1.56 bits per heavy atom. The van der Waals surface area contributed by atoms with Crippen LogP contribution in [0, 0.1) is 0 Å². The molecule has 1 N–H and O–H groups in total. The highest BCUT2D eigenvalue weighted by atomic mass is 79.9. The van der Waals surface area contributed by atoms with Gasteiger partial charge in [-0.25, -0.2) is 9.78 Å². The summed E-state index contributed by atoms with van der Waals surface area (Å²) in [7, 11) is 1.85. The van der Waals surface area contributed by atoms with Crippen molar-refractivity contribution >= 4 is 21.9 Å². The van der Waals surface area contributed by atoms with Gasteiger partial charge in [-0.05, 0) is 18.2 Å². The van der Waals surface area contributed by atoms with Crippen molar-refractivity contribution in [1.82, 2.24) is 9.55 Å². The van der Waals surface area contributed by atoms with Gasteiger partial charge in [0.25, 0.3) is 0 Å². The molecule has 6 heteroatoms. The Labute approximate surface area is 112 Å². The zero-order valence-electron chi connectivity index (χ0n) is 9.63. The third-order valence-electron chi connectivity index (χ3n) is 2.45. The standard InChI is InChI=1S/C12H11BrN2O3/c1-15-5-4-14-11(15)7-18-10-3-2-8(13)6-9(10)12(16)17/h2-6H,7H2,1H3,(H,16,17). The van der Waals surface area contributed by atoms with Crippen LogP contribution < -0.4 is 4.74 Å². The van der Waals surface area contributed by atoms with Gasteiger partial charge in [-0.15, -0.1) is 0 Å². The number of benzene rings is 1. The lowest BCUT2D eigenvalue weighted by atomic mass is 10.2. The van der Waals surface area contributed by atoms with Gasteiger partial charge in [-0.1, -0.05) is 15.9 Å². The number of aryl methyl sites for hydroxylation is 1. The molecule has 18 heavy (non-hydrogen) atoms. The summed E-state index contributed by atoms with van der Waals surface area (Å²) < 4.78 is 8.01. The van der Waals surface area contributed by atoms with Crippen LogP contribution in [0.15, 0.2) is 35.1 Å². The van der Waals surface area contributed by atoms with Crippen molar-refractivity contribution < 1.29 is 14.6 Å². The quantitative estimate of drug-likeness (QED) is 0.942. The molecule has 0 spiro atoms.